The quantitative estimate of drug-likeness (QED) is 0.219. The fourth-order valence-electron chi connectivity index (χ4n) is 2.88. The zero-order valence-electron chi connectivity index (χ0n) is 18.3. The Morgan fingerprint density at radius 3 is 1.93 bits per heavy atom. The first-order valence-corrected chi connectivity index (χ1v) is 11.3. The van der Waals surface area contributed by atoms with E-state index in [-0.39, 0.29) is 12.6 Å². The van der Waals surface area contributed by atoms with Crippen molar-refractivity contribution in [3.8, 4) is 0 Å². The number of hydrogen-bond acceptors (Lipinski definition) is 5. The molecule has 166 valence electrons. The van der Waals surface area contributed by atoms with Gasteiger partial charge in [-0.2, -0.15) is 0 Å². The zero-order chi connectivity index (χ0) is 20.7. The Hall–Kier alpha value is -1.30. The number of alkyl carbamates (subject to hydrolysis) is 1. The molecule has 0 aromatic carbocycles. The highest BCUT2D eigenvalue weighted by Crippen LogP contribution is 2.10. The first-order valence-electron chi connectivity index (χ1n) is 11.3. The van der Waals surface area contributed by atoms with Gasteiger partial charge in [0.05, 0.1) is 13.2 Å². The molecular formula is C22H43NO5. The maximum absolute atomic E-state index is 11.7. The minimum Gasteiger partial charge on any atom is -0.466 e. The summed E-state index contributed by atoms with van der Waals surface area (Å²) in [6, 6.07) is 0. The molecule has 0 spiro atoms. The van der Waals surface area contributed by atoms with Gasteiger partial charge in [-0.25, -0.2) is 4.79 Å². The van der Waals surface area contributed by atoms with Crippen molar-refractivity contribution in [3.63, 3.8) is 0 Å². The predicted molar refractivity (Wildman–Crippen MR) is 112 cm³/mol. The summed E-state index contributed by atoms with van der Waals surface area (Å²) in [4.78, 5) is 22.9. The number of ether oxygens (including phenoxy) is 3. The molecule has 0 fully saturated rings. The van der Waals surface area contributed by atoms with E-state index in [0.717, 1.165) is 32.1 Å². The normalized spacial score (nSPS) is 10.6. The van der Waals surface area contributed by atoms with Gasteiger partial charge < -0.3 is 19.5 Å². The van der Waals surface area contributed by atoms with E-state index in [9.17, 15) is 9.59 Å². The fraction of sp³-hybridized carbons (Fsp3) is 0.909. The molecule has 0 aliphatic carbocycles. The molecule has 0 radical (unpaired) electrons. The molecule has 0 unspecified atom stereocenters. The number of unbranched alkanes of at least 4 members (excludes halogenated alkanes) is 11. The van der Waals surface area contributed by atoms with Crippen LogP contribution in [-0.4, -0.2) is 45.5 Å². The minimum atomic E-state index is -0.423. The Morgan fingerprint density at radius 2 is 1.29 bits per heavy atom. The number of hydrogen-bond donors (Lipinski definition) is 1. The average molecular weight is 402 g/mol. The molecule has 0 rings (SSSR count). The van der Waals surface area contributed by atoms with Crippen LogP contribution in [0.3, 0.4) is 0 Å². The molecule has 0 aromatic heterocycles. The number of esters is 1. The largest absolute Gasteiger partial charge is 0.466 e. The molecule has 0 aromatic rings. The number of carbonyl (C=O) groups excluding carboxylic acids is 2. The van der Waals surface area contributed by atoms with Gasteiger partial charge in [0.1, 0.15) is 6.61 Å². The fourth-order valence-corrected chi connectivity index (χ4v) is 2.88. The van der Waals surface area contributed by atoms with E-state index in [1.807, 2.05) is 0 Å². The Morgan fingerprint density at radius 1 is 0.679 bits per heavy atom. The van der Waals surface area contributed by atoms with Gasteiger partial charge in [-0.1, -0.05) is 71.1 Å². The van der Waals surface area contributed by atoms with E-state index < -0.39 is 6.09 Å². The summed E-state index contributed by atoms with van der Waals surface area (Å²) in [6.07, 6.45) is 15.3. The summed E-state index contributed by atoms with van der Waals surface area (Å²) < 4.78 is 15.0. The number of rotatable bonds is 20. The SMILES string of the molecule is CCCCCCCCCCCCOC(=O)CCCCCNC(=O)OCCOC. The van der Waals surface area contributed by atoms with Gasteiger partial charge in [-0.15, -0.1) is 0 Å². The molecule has 0 saturated heterocycles. The molecule has 0 heterocycles. The van der Waals surface area contributed by atoms with E-state index in [4.69, 9.17) is 14.2 Å². The average Bonchev–Trinajstić information content (AvgIpc) is 2.69. The van der Waals surface area contributed by atoms with E-state index in [2.05, 4.69) is 12.2 Å². The lowest BCUT2D eigenvalue weighted by molar-refractivity contribution is -0.143. The third-order valence-corrected chi connectivity index (χ3v) is 4.61. The second kappa shape index (κ2) is 22.0. The first-order chi connectivity index (χ1) is 13.7. The maximum atomic E-state index is 11.7. The Bertz CT molecular complexity index is 363. The molecule has 0 atom stereocenters. The smallest absolute Gasteiger partial charge is 0.407 e. The van der Waals surface area contributed by atoms with Crippen molar-refractivity contribution in [1.82, 2.24) is 5.32 Å². The second-order valence-corrected chi connectivity index (χ2v) is 7.27. The van der Waals surface area contributed by atoms with Gasteiger partial charge in [-0.3, -0.25) is 4.79 Å². The lowest BCUT2D eigenvalue weighted by Crippen LogP contribution is -2.26. The third kappa shape index (κ3) is 21.0. The van der Waals surface area contributed by atoms with Crippen molar-refractivity contribution in [3.05, 3.63) is 0 Å². The van der Waals surface area contributed by atoms with E-state index in [1.54, 1.807) is 7.11 Å². The predicted octanol–water partition coefficient (Wildman–Crippen LogP) is 5.38. The Balaban J connectivity index is 3.24. The van der Waals surface area contributed by atoms with Gasteiger partial charge in [0.15, 0.2) is 0 Å². The first kappa shape index (κ1) is 26.7. The second-order valence-electron chi connectivity index (χ2n) is 7.27. The molecule has 6 heteroatoms. The highest BCUT2D eigenvalue weighted by Gasteiger charge is 2.04. The highest BCUT2D eigenvalue weighted by molar-refractivity contribution is 5.69. The zero-order valence-corrected chi connectivity index (χ0v) is 18.3. The van der Waals surface area contributed by atoms with Crippen LogP contribution in [0.5, 0.6) is 0 Å². The Kier molecular flexibility index (Phi) is 21.0. The molecule has 0 bridgehead atoms. The summed E-state index contributed by atoms with van der Waals surface area (Å²) in [6.45, 7) is 4.00. The van der Waals surface area contributed by atoms with E-state index >= 15 is 0 Å². The van der Waals surface area contributed by atoms with Crippen LogP contribution in [0.4, 0.5) is 4.79 Å². The minimum absolute atomic E-state index is 0.108. The number of nitrogens with one attached hydrogen (secondary N) is 1. The van der Waals surface area contributed by atoms with Crippen LogP contribution in [0.1, 0.15) is 96.8 Å². The molecule has 0 aliphatic heterocycles. The lowest BCUT2D eigenvalue weighted by atomic mass is 10.1. The topological polar surface area (TPSA) is 73.9 Å². The van der Waals surface area contributed by atoms with Crippen molar-refractivity contribution in [2.45, 2.75) is 96.8 Å². The summed E-state index contributed by atoms with van der Waals surface area (Å²) in [5, 5.41) is 2.67. The van der Waals surface area contributed by atoms with Gasteiger partial charge >= 0.3 is 12.1 Å². The van der Waals surface area contributed by atoms with Crippen LogP contribution in [0.25, 0.3) is 0 Å². The van der Waals surface area contributed by atoms with Crippen molar-refractivity contribution in [2.75, 3.05) is 33.5 Å². The molecule has 28 heavy (non-hydrogen) atoms. The van der Waals surface area contributed by atoms with Gasteiger partial charge in [-0.05, 0) is 19.3 Å². The summed E-state index contributed by atoms with van der Waals surface area (Å²) in [5.74, 6) is -0.108. The molecule has 1 N–H and O–H groups in total. The van der Waals surface area contributed by atoms with Gasteiger partial charge in [0, 0.05) is 20.1 Å². The molecular weight excluding hydrogens is 358 g/mol. The van der Waals surface area contributed by atoms with Crippen LogP contribution < -0.4 is 5.32 Å². The monoisotopic (exact) mass is 401 g/mol. The highest BCUT2D eigenvalue weighted by atomic mass is 16.6. The molecule has 6 nitrogen and oxygen atoms in total. The van der Waals surface area contributed by atoms with Crippen molar-refractivity contribution >= 4 is 12.1 Å². The maximum Gasteiger partial charge on any atom is 0.407 e. The molecule has 0 aliphatic rings. The van der Waals surface area contributed by atoms with Crippen LogP contribution in [0.2, 0.25) is 0 Å². The van der Waals surface area contributed by atoms with Crippen molar-refractivity contribution < 1.29 is 23.8 Å². The van der Waals surface area contributed by atoms with E-state index in [1.165, 1.54) is 51.4 Å². The number of carbonyl (C=O) groups is 2. The van der Waals surface area contributed by atoms with Crippen molar-refractivity contribution in [1.29, 1.82) is 0 Å². The van der Waals surface area contributed by atoms with Crippen LogP contribution >= 0.6 is 0 Å². The van der Waals surface area contributed by atoms with Gasteiger partial charge in [0.25, 0.3) is 0 Å². The number of methoxy groups -OCH3 is 1. The lowest BCUT2D eigenvalue weighted by Gasteiger charge is -2.07. The standard InChI is InChI=1S/C22H43NO5/c1-3-4-5-6-7-8-9-10-11-15-18-27-21(24)16-13-12-14-17-23-22(25)28-20-19-26-2/h3-20H2,1-2H3,(H,23,25). The van der Waals surface area contributed by atoms with Crippen LogP contribution in [-0.2, 0) is 19.0 Å². The van der Waals surface area contributed by atoms with Gasteiger partial charge in [0.2, 0.25) is 0 Å². The summed E-state index contributed by atoms with van der Waals surface area (Å²) in [5.41, 5.74) is 0. The third-order valence-electron chi connectivity index (χ3n) is 4.61. The number of amides is 1. The Labute approximate surface area is 172 Å². The van der Waals surface area contributed by atoms with Crippen molar-refractivity contribution in [2.24, 2.45) is 0 Å². The molecule has 0 saturated carbocycles. The van der Waals surface area contributed by atoms with Crippen LogP contribution in [0, 0.1) is 0 Å². The molecule has 1 amide bonds. The summed E-state index contributed by atoms with van der Waals surface area (Å²) in [7, 11) is 1.56. The van der Waals surface area contributed by atoms with Crippen LogP contribution in [0.15, 0.2) is 0 Å². The van der Waals surface area contributed by atoms with E-state index in [0.29, 0.717) is 26.2 Å². The summed E-state index contributed by atoms with van der Waals surface area (Å²) >= 11 is 0.